The molecule has 5 heteroatoms. The summed E-state index contributed by atoms with van der Waals surface area (Å²) in [6.07, 6.45) is -0.180. The van der Waals surface area contributed by atoms with Gasteiger partial charge in [0.25, 0.3) is 0 Å². The summed E-state index contributed by atoms with van der Waals surface area (Å²) in [7, 11) is 1.53. The molecule has 0 aliphatic rings. The van der Waals surface area contributed by atoms with E-state index in [1.165, 1.54) is 14.0 Å². The predicted molar refractivity (Wildman–Crippen MR) is 72.7 cm³/mol. The molecule has 0 radical (unpaired) electrons. The Morgan fingerprint density at radius 1 is 1.15 bits per heavy atom. The highest BCUT2D eigenvalue weighted by Gasteiger charge is 2.27. The van der Waals surface area contributed by atoms with Crippen LogP contribution < -0.4 is 4.74 Å². The van der Waals surface area contributed by atoms with Crippen molar-refractivity contribution in [3.05, 3.63) is 29.8 Å². The minimum Gasteiger partial charge on any atom is -0.497 e. The van der Waals surface area contributed by atoms with Gasteiger partial charge in [0.1, 0.15) is 17.5 Å². The van der Waals surface area contributed by atoms with Gasteiger partial charge in [-0.1, -0.05) is 0 Å². The van der Waals surface area contributed by atoms with Crippen LogP contribution in [0.5, 0.6) is 5.75 Å². The third kappa shape index (κ3) is 4.19. The van der Waals surface area contributed by atoms with Gasteiger partial charge in [-0.3, -0.25) is 14.4 Å². The Morgan fingerprint density at radius 3 is 2.20 bits per heavy atom. The topological polar surface area (TPSA) is 69.7 Å². The van der Waals surface area contributed by atoms with Crippen LogP contribution in [0.15, 0.2) is 24.3 Å². The maximum absolute atomic E-state index is 12.1. The van der Waals surface area contributed by atoms with E-state index in [2.05, 4.69) is 0 Å². The fourth-order valence-corrected chi connectivity index (χ4v) is 1.72. The smallest absolute Gasteiger partial charge is 0.316 e. The molecule has 0 aromatic heterocycles. The number of carbonyl (C=O) groups is 3. The molecule has 0 heterocycles. The first-order valence-corrected chi connectivity index (χ1v) is 6.34. The van der Waals surface area contributed by atoms with Crippen LogP contribution in [-0.4, -0.2) is 31.3 Å². The van der Waals surface area contributed by atoms with Crippen LogP contribution in [0.3, 0.4) is 0 Å². The van der Waals surface area contributed by atoms with Crippen molar-refractivity contribution in [2.75, 3.05) is 13.7 Å². The lowest BCUT2D eigenvalue weighted by Crippen LogP contribution is -2.27. The van der Waals surface area contributed by atoms with Gasteiger partial charge in [-0.05, 0) is 38.1 Å². The minimum absolute atomic E-state index is 0.180. The highest BCUT2D eigenvalue weighted by atomic mass is 16.5. The van der Waals surface area contributed by atoms with E-state index in [1.54, 1.807) is 31.2 Å². The number of Topliss-reactive ketones (excluding diaryl/α,β-unsaturated/α-hetero) is 2. The van der Waals surface area contributed by atoms with Gasteiger partial charge in [0.05, 0.1) is 13.7 Å². The lowest BCUT2D eigenvalue weighted by Gasteiger charge is -2.11. The molecule has 0 saturated carbocycles. The number of benzene rings is 1. The molecule has 0 fully saturated rings. The van der Waals surface area contributed by atoms with Crippen molar-refractivity contribution in [1.29, 1.82) is 0 Å². The van der Waals surface area contributed by atoms with Gasteiger partial charge >= 0.3 is 5.97 Å². The fraction of sp³-hybridized carbons (Fsp3) is 0.400. The largest absolute Gasteiger partial charge is 0.497 e. The Hall–Kier alpha value is -2.17. The molecule has 0 amide bonds. The van der Waals surface area contributed by atoms with Gasteiger partial charge in [0.15, 0.2) is 5.78 Å². The second-order valence-electron chi connectivity index (χ2n) is 4.27. The van der Waals surface area contributed by atoms with Crippen molar-refractivity contribution < 1.29 is 23.9 Å². The standard InChI is InChI=1S/C15H18O5/c1-4-20-15(18)13(10(2)16)9-14(17)11-5-7-12(19-3)8-6-11/h5-8,13H,4,9H2,1-3H3. The summed E-state index contributed by atoms with van der Waals surface area (Å²) in [5.41, 5.74) is 0.432. The summed E-state index contributed by atoms with van der Waals surface area (Å²) in [6, 6.07) is 6.51. The molecule has 0 aliphatic heterocycles. The van der Waals surface area contributed by atoms with Crippen LogP contribution in [0.1, 0.15) is 30.6 Å². The van der Waals surface area contributed by atoms with E-state index in [0.29, 0.717) is 11.3 Å². The molecule has 108 valence electrons. The minimum atomic E-state index is -1.04. The van der Waals surface area contributed by atoms with Crippen LogP contribution in [0.2, 0.25) is 0 Å². The zero-order valence-electron chi connectivity index (χ0n) is 11.8. The van der Waals surface area contributed by atoms with E-state index in [9.17, 15) is 14.4 Å². The SMILES string of the molecule is CCOC(=O)C(CC(=O)c1ccc(OC)cc1)C(C)=O. The van der Waals surface area contributed by atoms with Crippen molar-refractivity contribution in [2.45, 2.75) is 20.3 Å². The number of ketones is 2. The Bertz CT molecular complexity index is 489. The number of rotatable bonds is 7. The average Bonchev–Trinajstić information content (AvgIpc) is 2.44. The fourth-order valence-electron chi connectivity index (χ4n) is 1.72. The highest BCUT2D eigenvalue weighted by molar-refractivity contribution is 6.05. The number of hydrogen-bond acceptors (Lipinski definition) is 5. The summed E-state index contributed by atoms with van der Waals surface area (Å²) in [6.45, 7) is 3.11. The van der Waals surface area contributed by atoms with Crippen LogP contribution >= 0.6 is 0 Å². The summed E-state index contributed by atoms with van der Waals surface area (Å²) < 4.78 is 9.81. The molecule has 1 rings (SSSR count). The van der Waals surface area contributed by atoms with Crippen molar-refractivity contribution in [2.24, 2.45) is 5.92 Å². The third-order valence-corrected chi connectivity index (χ3v) is 2.86. The van der Waals surface area contributed by atoms with Gasteiger partial charge < -0.3 is 9.47 Å². The molecule has 1 aromatic rings. The Balaban J connectivity index is 2.79. The Labute approximate surface area is 117 Å². The molecule has 1 unspecified atom stereocenters. The third-order valence-electron chi connectivity index (χ3n) is 2.86. The molecule has 0 bridgehead atoms. The molecule has 1 aromatic carbocycles. The van der Waals surface area contributed by atoms with Crippen molar-refractivity contribution in [3.8, 4) is 5.75 Å². The van der Waals surface area contributed by atoms with Gasteiger partial charge in [-0.25, -0.2) is 0 Å². The Kier molecular flexibility index (Phi) is 5.90. The van der Waals surface area contributed by atoms with Crippen molar-refractivity contribution in [3.63, 3.8) is 0 Å². The molecule has 0 saturated heterocycles. The van der Waals surface area contributed by atoms with Gasteiger partial charge in [-0.2, -0.15) is 0 Å². The van der Waals surface area contributed by atoms with Crippen molar-refractivity contribution >= 4 is 17.5 Å². The monoisotopic (exact) mass is 278 g/mol. The van der Waals surface area contributed by atoms with Crippen LogP contribution in [0.25, 0.3) is 0 Å². The summed E-state index contributed by atoms with van der Waals surface area (Å²) >= 11 is 0. The van der Waals surface area contributed by atoms with Crippen molar-refractivity contribution in [1.82, 2.24) is 0 Å². The lowest BCUT2D eigenvalue weighted by atomic mass is 9.95. The van der Waals surface area contributed by atoms with E-state index in [4.69, 9.17) is 9.47 Å². The maximum Gasteiger partial charge on any atom is 0.316 e. The normalized spacial score (nSPS) is 11.6. The zero-order valence-corrected chi connectivity index (χ0v) is 11.8. The first-order chi connectivity index (χ1) is 9.49. The lowest BCUT2D eigenvalue weighted by molar-refractivity contribution is -0.151. The van der Waals surface area contributed by atoms with E-state index in [-0.39, 0.29) is 24.6 Å². The first kappa shape index (κ1) is 15.9. The number of carbonyl (C=O) groups excluding carboxylic acids is 3. The first-order valence-electron chi connectivity index (χ1n) is 6.34. The molecule has 5 nitrogen and oxygen atoms in total. The van der Waals surface area contributed by atoms with Crippen LogP contribution in [-0.2, 0) is 14.3 Å². The molecular formula is C15H18O5. The number of hydrogen-bond donors (Lipinski definition) is 0. The molecule has 0 N–H and O–H groups in total. The summed E-state index contributed by atoms with van der Waals surface area (Å²) in [5.74, 6) is -1.70. The highest BCUT2D eigenvalue weighted by Crippen LogP contribution is 2.16. The number of ether oxygens (including phenoxy) is 2. The summed E-state index contributed by atoms with van der Waals surface area (Å²) in [5, 5.41) is 0. The predicted octanol–water partition coefficient (Wildman–Crippen LogP) is 2.04. The Morgan fingerprint density at radius 2 is 1.75 bits per heavy atom. The maximum atomic E-state index is 12.1. The van der Waals surface area contributed by atoms with Gasteiger partial charge in [0.2, 0.25) is 0 Å². The van der Waals surface area contributed by atoms with Gasteiger partial charge in [-0.15, -0.1) is 0 Å². The van der Waals surface area contributed by atoms with Gasteiger partial charge in [0, 0.05) is 12.0 Å². The quantitative estimate of drug-likeness (QED) is 0.433. The second-order valence-corrected chi connectivity index (χ2v) is 4.27. The van der Waals surface area contributed by atoms with E-state index in [0.717, 1.165) is 0 Å². The average molecular weight is 278 g/mol. The van der Waals surface area contributed by atoms with E-state index in [1.807, 2.05) is 0 Å². The van der Waals surface area contributed by atoms with E-state index >= 15 is 0 Å². The van der Waals surface area contributed by atoms with E-state index < -0.39 is 11.9 Å². The zero-order chi connectivity index (χ0) is 15.1. The summed E-state index contributed by atoms with van der Waals surface area (Å²) in [4.78, 5) is 35.2. The number of esters is 1. The van der Waals surface area contributed by atoms with Crippen LogP contribution in [0, 0.1) is 5.92 Å². The number of methoxy groups -OCH3 is 1. The van der Waals surface area contributed by atoms with Crippen LogP contribution in [0.4, 0.5) is 0 Å². The molecule has 1 atom stereocenters. The molecule has 0 aliphatic carbocycles. The molecular weight excluding hydrogens is 260 g/mol. The second kappa shape index (κ2) is 7.43. The molecule has 20 heavy (non-hydrogen) atoms. The molecule has 0 spiro atoms.